The quantitative estimate of drug-likeness (QED) is 0.0791. The van der Waals surface area contributed by atoms with Crippen LogP contribution in [0.5, 0.6) is 0 Å². The van der Waals surface area contributed by atoms with Crippen molar-refractivity contribution in [2.45, 2.75) is 18.2 Å². The molecule has 0 aliphatic heterocycles. The first kappa shape index (κ1) is 30.6. The van der Waals surface area contributed by atoms with Crippen molar-refractivity contribution in [1.29, 1.82) is 0 Å². The van der Waals surface area contributed by atoms with Crippen molar-refractivity contribution in [3.8, 4) is 0 Å². The normalized spacial score (nSPS) is 13.4. The van der Waals surface area contributed by atoms with E-state index in [4.69, 9.17) is 40.7 Å². The zero-order valence-electron chi connectivity index (χ0n) is 20.1. The summed E-state index contributed by atoms with van der Waals surface area (Å²) in [5.41, 5.74) is -2.92. The number of benzene rings is 3. The molecule has 6 nitrogen and oxygen atoms in total. The minimum absolute atomic E-state index is 0.00204. The van der Waals surface area contributed by atoms with Crippen LogP contribution in [0.25, 0.3) is 16.3 Å². The lowest BCUT2D eigenvalue weighted by Gasteiger charge is -2.35. The lowest BCUT2D eigenvalue weighted by atomic mass is 9.83. The van der Waals surface area contributed by atoms with Gasteiger partial charge in [0.1, 0.15) is 13.3 Å². The van der Waals surface area contributed by atoms with Crippen LogP contribution in [0, 0.1) is 0 Å². The van der Waals surface area contributed by atoms with Crippen molar-refractivity contribution in [3.05, 3.63) is 86.9 Å². The van der Waals surface area contributed by atoms with E-state index in [9.17, 15) is 22.4 Å². The van der Waals surface area contributed by atoms with E-state index >= 15 is 0 Å². The number of amides is 1. The first-order valence-electron chi connectivity index (χ1n) is 11.2. The maximum atomic E-state index is 14.5. The van der Waals surface area contributed by atoms with Gasteiger partial charge in [-0.1, -0.05) is 76.9 Å². The van der Waals surface area contributed by atoms with Gasteiger partial charge >= 0.3 is 6.18 Å². The van der Waals surface area contributed by atoms with Crippen LogP contribution in [0.3, 0.4) is 0 Å². The molecule has 3 aromatic carbocycles. The summed E-state index contributed by atoms with van der Waals surface area (Å²) in [6, 6.07) is 11.6. The molecule has 0 aliphatic rings. The molecule has 1 amide bonds. The lowest BCUT2D eigenvalue weighted by molar-refractivity contribution is -0.285. The van der Waals surface area contributed by atoms with E-state index in [-0.39, 0.29) is 39.4 Å². The highest BCUT2D eigenvalue weighted by Crippen LogP contribution is 2.49. The Balaban J connectivity index is 1.99. The predicted octanol–water partition coefficient (Wildman–Crippen LogP) is 7.25. The van der Waals surface area contributed by atoms with E-state index in [0.29, 0.717) is 16.3 Å². The number of halogens is 7. The molecule has 208 valence electrons. The maximum Gasteiger partial charge on any atom is 0.424 e. The van der Waals surface area contributed by atoms with Crippen LogP contribution in [0.1, 0.15) is 27.9 Å². The van der Waals surface area contributed by atoms with Crippen LogP contribution >= 0.6 is 34.8 Å². The summed E-state index contributed by atoms with van der Waals surface area (Å²) in [6.45, 7) is 2.98. The Bertz CT molecular complexity index is 1380. The Morgan fingerprint density at radius 1 is 1.05 bits per heavy atom. The van der Waals surface area contributed by atoms with Crippen molar-refractivity contribution < 1.29 is 32.0 Å². The Morgan fingerprint density at radius 3 is 2.21 bits per heavy atom. The monoisotopic (exact) mass is 605 g/mol. The number of nitrogens with zero attached hydrogens (tertiary/aromatic N) is 1. The second kappa shape index (κ2) is 13.0. The highest BCUT2D eigenvalue weighted by Gasteiger charge is 2.58. The minimum atomic E-state index is -5.02. The minimum Gasteiger partial charge on any atom is -0.393 e. The Hall–Kier alpha value is -2.89. The number of hydrogen-bond acceptors (Lipinski definition) is 5. The van der Waals surface area contributed by atoms with Gasteiger partial charge in [-0.15, -0.1) is 0 Å². The summed E-state index contributed by atoms with van der Waals surface area (Å²) < 4.78 is 55.7. The van der Waals surface area contributed by atoms with E-state index in [1.807, 2.05) is 0 Å². The van der Waals surface area contributed by atoms with E-state index in [1.54, 1.807) is 24.3 Å². The standard InChI is InChI=1S/C26H22Cl3F4N3O3/c1-15(14-25(39-34,26(31,32)33)16-12-21(27)23(29)22(28)13-16)17-6-7-20(19-5-3-2-4-18(17)19)24(37)35-9-10-36-38-11-8-30/h2-7,10,12-13H,1,8-9,11,14,34H2,(H,35,37)/b36-10+. The predicted molar refractivity (Wildman–Crippen MR) is 145 cm³/mol. The molecule has 13 heteroatoms. The molecule has 0 heterocycles. The summed E-state index contributed by atoms with van der Waals surface area (Å²) in [5.74, 6) is 4.81. The van der Waals surface area contributed by atoms with E-state index in [0.717, 1.165) is 12.1 Å². The number of carbonyl (C=O) groups is 1. The number of carbonyl (C=O) groups excluding carboxylic acids is 1. The third-order valence-electron chi connectivity index (χ3n) is 5.79. The molecule has 0 radical (unpaired) electrons. The fourth-order valence-electron chi connectivity index (χ4n) is 3.94. The van der Waals surface area contributed by atoms with Gasteiger partial charge in [-0.2, -0.15) is 13.2 Å². The van der Waals surface area contributed by atoms with Crippen molar-refractivity contribution in [1.82, 2.24) is 5.32 Å². The zero-order chi connectivity index (χ0) is 28.8. The third kappa shape index (κ3) is 6.64. The SMILES string of the molecule is C=C(CC(ON)(c1cc(Cl)c(Cl)c(Cl)c1)C(F)(F)F)c1ccc(C(=O)NC/C=N/OCCF)c2ccccc12. The number of nitrogens with two attached hydrogens (primary N) is 1. The fourth-order valence-corrected chi connectivity index (χ4v) is 4.54. The average Bonchev–Trinajstić information content (AvgIpc) is 2.90. The lowest BCUT2D eigenvalue weighted by Crippen LogP contribution is -2.47. The second-order valence-electron chi connectivity index (χ2n) is 8.20. The topological polar surface area (TPSA) is 85.9 Å². The summed E-state index contributed by atoms with van der Waals surface area (Å²) in [6.07, 6.45) is -4.59. The molecule has 0 aliphatic carbocycles. The fraction of sp³-hybridized carbons (Fsp3) is 0.231. The maximum absolute atomic E-state index is 14.5. The van der Waals surface area contributed by atoms with Gasteiger partial charge in [0.25, 0.3) is 5.91 Å². The molecule has 0 bridgehead atoms. The Labute approximate surface area is 236 Å². The number of hydrogen-bond donors (Lipinski definition) is 2. The smallest absolute Gasteiger partial charge is 0.393 e. The van der Waals surface area contributed by atoms with Gasteiger partial charge in [-0.05, 0) is 45.7 Å². The number of fused-ring (bicyclic) bond motifs is 1. The van der Waals surface area contributed by atoms with Gasteiger partial charge in [0, 0.05) is 12.0 Å². The zero-order valence-corrected chi connectivity index (χ0v) is 22.4. The first-order valence-corrected chi connectivity index (χ1v) is 12.4. The average molecular weight is 607 g/mol. The highest BCUT2D eigenvalue weighted by atomic mass is 35.5. The van der Waals surface area contributed by atoms with Crippen LogP contribution in [-0.2, 0) is 15.3 Å². The van der Waals surface area contributed by atoms with Crippen molar-refractivity contribution in [2.24, 2.45) is 11.1 Å². The van der Waals surface area contributed by atoms with Gasteiger partial charge in [0.15, 0.2) is 0 Å². The highest BCUT2D eigenvalue weighted by molar-refractivity contribution is 6.48. The number of alkyl halides is 4. The molecule has 0 saturated heterocycles. The Kier molecular flexibility index (Phi) is 10.2. The Morgan fingerprint density at radius 2 is 1.64 bits per heavy atom. The van der Waals surface area contributed by atoms with E-state index in [1.165, 1.54) is 18.3 Å². The number of rotatable bonds is 11. The third-order valence-corrected chi connectivity index (χ3v) is 6.99. The number of oxime groups is 1. The molecule has 39 heavy (non-hydrogen) atoms. The molecule has 1 unspecified atom stereocenters. The van der Waals surface area contributed by atoms with Crippen LogP contribution in [0.15, 0.2) is 60.3 Å². The van der Waals surface area contributed by atoms with Gasteiger partial charge in [-0.3, -0.25) is 9.63 Å². The molecule has 0 saturated carbocycles. The molecular weight excluding hydrogens is 585 g/mol. The van der Waals surface area contributed by atoms with E-state index < -0.39 is 36.3 Å². The van der Waals surface area contributed by atoms with Crippen molar-refractivity contribution in [3.63, 3.8) is 0 Å². The van der Waals surface area contributed by atoms with Crippen LogP contribution in [0.4, 0.5) is 17.6 Å². The molecule has 0 fully saturated rings. The molecule has 3 N–H and O–H groups in total. The molecule has 1 atom stereocenters. The summed E-state index contributed by atoms with van der Waals surface area (Å²) in [7, 11) is 0. The summed E-state index contributed by atoms with van der Waals surface area (Å²) in [5, 5.41) is 6.50. The first-order chi connectivity index (χ1) is 18.5. The van der Waals surface area contributed by atoms with Crippen molar-refractivity contribution in [2.75, 3.05) is 19.8 Å². The molecule has 3 aromatic rings. The summed E-state index contributed by atoms with van der Waals surface area (Å²) in [4.78, 5) is 22.0. The van der Waals surface area contributed by atoms with E-state index in [2.05, 4.69) is 26.7 Å². The van der Waals surface area contributed by atoms with Gasteiger partial charge < -0.3 is 10.2 Å². The van der Waals surface area contributed by atoms with Gasteiger partial charge in [-0.25, -0.2) is 10.3 Å². The molecular formula is C26H22Cl3F4N3O3. The van der Waals surface area contributed by atoms with Gasteiger partial charge in [0.05, 0.1) is 27.8 Å². The van der Waals surface area contributed by atoms with Crippen LogP contribution < -0.4 is 11.2 Å². The van der Waals surface area contributed by atoms with Crippen LogP contribution in [0.2, 0.25) is 15.1 Å². The second-order valence-corrected chi connectivity index (χ2v) is 9.40. The molecule has 0 aromatic heterocycles. The van der Waals surface area contributed by atoms with Crippen LogP contribution in [-0.4, -0.2) is 38.1 Å². The summed E-state index contributed by atoms with van der Waals surface area (Å²) >= 11 is 17.9. The van der Waals surface area contributed by atoms with Crippen molar-refractivity contribution >= 4 is 63.3 Å². The number of nitrogens with one attached hydrogen (secondary N) is 1. The van der Waals surface area contributed by atoms with Gasteiger partial charge in [0.2, 0.25) is 5.60 Å². The molecule has 3 rings (SSSR count). The largest absolute Gasteiger partial charge is 0.424 e. The molecule has 0 spiro atoms.